The fraction of sp³-hybridized carbons (Fsp3) is 0.174. The highest BCUT2D eigenvalue weighted by atomic mass is 19.1. The van der Waals surface area contributed by atoms with E-state index in [1.807, 2.05) is 0 Å². The molecule has 6 nitrogen and oxygen atoms in total. The van der Waals surface area contributed by atoms with Gasteiger partial charge in [-0.15, -0.1) is 0 Å². The van der Waals surface area contributed by atoms with Crippen LogP contribution in [0.2, 0.25) is 0 Å². The molecule has 3 aromatic carbocycles. The van der Waals surface area contributed by atoms with Crippen molar-refractivity contribution < 1.29 is 33.3 Å². The van der Waals surface area contributed by atoms with E-state index in [2.05, 4.69) is 5.32 Å². The van der Waals surface area contributed by atoms with Gasteiger partial charge in [-0.05, 0) is 30.3 Å². The number of fused-ring (bicyclic) bond motifs is 2. The molecule has 8 heteroatoms. The number of hydrogen-bond acceptors (Lipinski definition) is 6. The Kier molecular flexibility index (Phi) is 5.83. The number of aliphatic hydroxyl groups excluding tert-OH is 2. The summed E-state index contributed by atoms with van der Waals surface area (Å²) in [6, 6.07) is 12.9. The van der Waals surface area contributed by atoms with E-state index in [0.717, 1.165) is 12.1 Å². The summed E-state index contributed by atoms with van der Waals surface area (Å²) in [6.07, 6.45) is -1.05. The SMILES string of the molecule is O=C1c2ccc(Nc3ccc(F)cc3F)cc2OCc2c(OC[C@H](O)CO)cccc21. The lowest BCUT2D eigenvalue weighted by molar-refractivity contribution is 0.0529. The van der Waals surface area contributed by atoms with Crippen molar-refractivity contribution in [2.75, 3.05) is 18.5 Å². The first-order chi connectivity index (χ1) is 15.0. The molecular weight excluding hydrogens is 408 g/mol. The van der Waals surface area contributed by atoms with Gasteiger partial charge < -0.3 is 25.0 Å². The van der Waals surface area contributed by atoms with Gasteiger partial charge in [-0.1, -0.05) is 12.1 Å². The molecule has 1 atom stereocenters. The van der Waals surface area contributed by atoms with E-state index in [0.29, 0.717) is 33.9 Å². The number of benzene rings is 3. The first-order valence-electron chi connectivity index (χ1n) is 9.53. The molecule has 160 valence electrons. The lowest BCUT2D eigenvalue weighted by Crippen LogP contribution is -2.22. The summed E-state index contributed by atoms with van der Waals surface area (Å²) in [5.74, 6) is -1.02. The first kappa shape index (κ1) is 20.8. The van der Waals surface area contributed by atoms with Crippen molar-refractivity contribution in [2.45, 2.75) is 12.7 Å². The van der Waals surface area contributed by atoms with Crippen LogP contribution in [-0.4, -0.2) is 35.3 Å². The number of halogens is 2. The predicted octanol–water partition coefficient (Wildman–Crippen LogP) is 3.56. The number of carbonyl (C=O) groups is 1. The van der Waals surface area contributed by atoms with Crippen LogP contribution in [0.25, 0.3) is 0 Å². The number of hydrogen-bond donors (Lipinski definition) is 3. The third-order valence-electron chi connectivity index (χ3n) is 4.83. The zero-order chi connectivity index (χ0) is 22.0. The topological polar surface area (TPSA) is 88.0 Å². The van der Waals surface area contributed by atoms with Gasteiger partial charge in [0, 0.05) is 28.9 Å². The lowest BCUT2D eigenvalue weighted by Gasteiger charge is -2.14. The van der Waals surface area contributed by atoms with Crippen LogP contribution in [0.1, 0.15) is 21.5 Å². The average molecular weight is 427 g/mol. The van der Waals surface area contributed by atoms with E-state index < -0.39 is 24.3 Å². The summed E-state index contributed by atoms with van der Waals surface area (Å²) in [4.78, 5) is 13.1. The van der Waals surface area contributed by atoms with Gasteiger partial charge in [0.25, 0.3) is 0 Å². The predicted molar refractivity (Wildman–Crippen MR) is 109 cm³/mol. The van der Waals surface area contributed by atoms with Gasteiger partial charge in [-0.25, -0.2) is 8.78 Å². The van der Waals surface area contributed by atoms with Crippen molar-refractivity contribution in [1.29, 1.82) is 0 Å². The maximum absolute atomic E-state index is 13.9. The van der Waals surface area contributed by atoms with Crippen molar-refractivity contribution in [3.63, 3.8) is 0 Å². The summed E-state index contributed by atoms with van der Waals surface area (Å²) in [7, 11) is 0. The van der Waals surface area contributed by atoms with E-state index in [1.165, 1.54) is 6.07 Å². The maximum atomic E-state index is 13.9. The highest BCUT2D eigenvalue weighted by molar-refractivity contribution is 6.12. The van der Waals surface area contributed by atoms with E-state index in [4.69, 9.17) is 14.6 Å². The van der Waals surface area contributed by atoms with E-state index >= 15 is 0 Å². The molecule has 31 heavy (non-hydrogen) atoms. The minimum atomic E-state index is -1.05. The molecular formula is C23H19F2NO5. The largest absolute Gasteiger partial charge is 0.490 e. The summed E-state index contributed by atoms with van der Waals surface area (Å²) < 4.78 is 38.5. The third-order valence-corrected chi connectivity index (χ3v) is 4.83. The molecule has 0 saturated heterocycles. The highest BCUT2D eigenvalue weighted by Crippen LogP contribution is 2.35. The number of ether oxygens (including phenoxy) is 2. The van der Waals surface area contributed by atoms with Gasteiger partial charge in [0.15, 0.2) is 5.78 Å². The normalized spacial score (nSPS) is 13.5. The molecule has 3 aromatic rings. The summed E-state index contributed by atoms with van der Waals surface area (Å²) in [5, 5.41) is 21.3. The molecule has 0 fully saturated rings. The molecule has 0 spiro atoms. The van der Waals surface area contributed by atoms with Crippen LogP contribution in [-0.2, 0) is 6.61 Å². The summed E-state index contributed by atoms with van der Waals surface area (Å²) in [5.41, 5.74) is 1.80. The number of ketones is 1. The minimum absolute atomic E-state index is 0.0355. The van der Waals surface area contributed by atoms with Gasteiger partial charge in [0.2, 0.25) is 0 Å². The number of anilines is 2. The molecule has 4 rings (SSSR count). The van der Waals surface area contributed by atoms with Gasteiger partial charge >= 0.3 is 0 Å². The van der Waals surface area contributed by atoms with Gasteiger partial charge in [-0.3, -0.25) is 4.79 Å². The van der Waals surface area contributed by atoms with Crippen molar-refractivity contribution in [3.05, 3.63) is 82.9 Å². The molecule has 1 aliphatic heterocycles. The second-order valence-electron chi connectivity index (χ2n) is 7.01. The standard InChI is InChI=1S/C23H19F2NO5/c24-13-4-7-20(19(25)8-13)26-14-5-6-17-22(9-14)31-12-18-16(23(17)29)2-1-3-21(18)30-11-15(28)10-27/h1-9,15,26-28H,10-12H2/t15-/m1/s1. The van der Waals surface area contributed by atoms with Crippen LogP contribution in [0.4, 0.5) is 20.2 Å². The first-order valence-corrected chi connectivity index (χ1v) is 9.53. The second kappa shape index (κ2) is 8.71. The Morgan fingerprint density at radius 1 is 1.10 bits per heavy atom. The van der Waals surface area contributed by atoms with Crippen LogP contribution in [0.3, 0.4) is 0 Å². The maximum Gasteiger partial charge on any atom is 0.197 e. The number of aliphatic hydroxyl groups is 2. The summed E-state index contributed by atoms with van der Waals surface area (Å²) in [6.45, 7) is -0.542. The molecule has 0 radical (unpaired) electrons. The Labute approximate surface area is 176 Å². The minimum Gasteiger partial charge on any atom is -0.490 e. The Morgan fingerprint density at radius 3 is 2.71 bits per heavy atom. The van der Waals surface area contributed by atoms with E-state index in [-0.39, 0.29) is 24.7 Å². The van der Waals surface area contributed by atoms with Crippen molar-refractivity contribution in [3.8, 4) is 11.5 Å². The van der Waals surface area contributed by atoms with Crippen LogP contribution in [0, 0.1) is 11.6 Å². The average Bonchev–Trinajstić information content (AvgIpc) is 2.91. The Bertz CT molecular complexity index is 1130. The number of nitrogens with one attached hydrogen (secondary N) is 1. The molecule has 0 unspecified atom stereocenters. The third kappa shape index (κ3) is 4.35. The van der Waals surface area contributed by atoms with Gasteiger partial charge in [0.05, 0.1) is 17.9 Å². The quantitative estimate of drug-likeness (QED) is 0.558. The second-order valence-corrected chi connectivity index (χ2v) is 7.01. The van der Waals surface area contributed by atoms with E-state index in [9.17, 15) is 18.7 Å². The zero-order valence-electron chi connectivity index (χ0n) is 16.3. The zero-order valence-corrected chi connectivity index (χ0v) is 16.3. The molecule has 0 amide bonds. The van der Waals surface area contributed by atoms with Crippen LogP contribution in [0.15, 0.2) is 54.6 Å². The lowest BCUT2D eigenvalue weighted by atomic mass is 9.98. The fourth-order valence-electron chi connectivity index (χ4n) is 3.25. The highest BCUT2D eigenvalue weighted by Gasteiger charge is 2.25. The molecule has 0 saturated carbocycles. The molecule has 0 aliphatic carbocycles. The van der Waals surface area contributed by atoms with Gasteiger partial charge in [0.1, 0.15) is 42.5 Å². The molecule has 0 bridgehead atoms. The monoisotopic (exact) mass is 427 g/mol. The molecule has 0 aromatic heterocycles. The smallest absolute Gasteiger partial charge is 0.197 e. The van der Waals surface area contributed by atoms with Gasteiger partial charge in [-0.2, -0.15) is 0 Å². The van der Waals surface area contributed by atoms with Crippen LogP contribution < -0.4 is 14.8 Å². The number of carbonyl (C=O) groups excluding carboxylic acids is 1. The number of rotatable bonds is 6. The van der Waals surface area contributed by atoms with Crippen molar-refractivity contribution >= 4 is 17.2 Å². The molecule has 1 heterocycles. The van der Waals surface area contributed by atoms with Crippen LogP contribution in [0.5, 0.6) is 11.5 Å². The molecule has 3 N–H and O–H groups in total. The summed E-state index contributed by atoms with van der Waals surface area (Å²) >= 11 is 0. The Balaban J connectivity index is 1.61. The van der Waals surface area contributed by atoms with Crippen molar-refractivity contribution in [2.24, 2.45) is 0 Å². The van der Waals surface area contributed by atoms with Crippen molar-refractivity contribution in [1.82, 2.24) is 0 Å². The van der Waals surface area contributed by atoms with E-state index in [1.54, 1.807) is 36.4 Å². The fourth-order valence-corrected chi connectivity index (χ4v) is 3.25. The molecule has 1 aliphatic rings. The van der Waals surface area contributed by atoms with Crippen LogP contribution >= 0.6 is 0 Å². The Hall–Kier alpha value is -3.49. The Morgan fingerprint density at radius 2 is 1.94 bits per heavy atom.